The van der Waals surface area contributed by atoms with Gasteiger partial charge in [0.2, 0.25) is 0 Å². The molecule has 4 nitrogen and oxygen atoms in total. The maximum absolute atomic E-state index is 13.1. The summed E-state index contributed by atoms with van der Waals surface area (Å²) in [5.41, 5.74) is 4.26. The second-order valence-electron chi connectivity index (χ2n) is 8.19. The molecule has 0 spiro atoms. The predicted molar refractivity (Wildman–Crippen MR) is 135 cm³/mol. The zero-order valence-electron chi connectivity index (χ0n) is 19.2. The lowest BCUT2D eigenvalue weighted by Gasteiger charge is -2.13. The van der Waals surface area contributed by atoms with Crippen LogP contribution in [0.3, 0.4) is 0 Å². The highest BCUT2D eigenvalue weighted by Gasteiger charge is 2.30. The van der Waals surface area contributed by atoms with Crippen LogP contribution in [0, 0.1) is 13.8 Å². The summed E-state index contributed by atoms with van der Waals surface area (Å²) in [6, 6.07) is 17.5. The smallest absolute Gasteiger partial charge is 0.385 e. The van der Waals surface area contributed by atoms with Crippen LogP contribution in [0.15, 0.2) is 72.1 Å². The zero-order chi connectivity index (χ0) is 25.0. The van der Waals surface area contributed by atoms with Crippen LogP contribution in [-0.2, 0) is 12.6 Å². The summed E-state index contributed by atoms with van der Waals surface area (Å²) in [6.45, 7) is 4.59. The van der Waals surface area contributed by atoms with E-state index in [0.29, 0.717) is 22.4 Å². The van der Waals surface area contributed by atoms with E-state index in [0.717, 1.165) is 47.1 Å². The van der Waals surface area contributed by atoms with Crippen molar-refractivity contribution in [2.24, 2.45) is 0 Å². The number of aryl methyl sites for hydroxylation is 2. The summed E-state index contributed by atoms with van der Waals surface area (Å²) in [7, 11) is 0. The predicted octanol–water partition coefficient (Wildman–Crippen LogP) is 7.35. The maximum atomic E-state index is 13.1. The fourth-order valence-corrected chi connectivity index (χ4v) is 4.31. The van der Waals surface area contributed by atoms with Gasteiger partial charge in [-0.2, -0.15) is 13.2 Å². The van der Waals surface area contributed by atoms with Gasteiger partial charge in [-0.05, 0) is 67.4 Å². The van der Waals surface area contributed by atoms with E-state index in [2.05, 4.69) is 21.0 Å². The van der Waals surface area contributed by atoms with Gasteiger partial charge in [0, 0.05) is 35.3 Å². The van der Waals surface area contributed by atoms with Crippen molar-refractivity contribution in [2.75, 3.05) is 17.2 Å². The summed E-state index contributed by atoms with van der Waals surface area (Å²) in [6.07, 6.45) is -3.59. The number of nitrogens with one attached hydrogen (secondary N) is 2. The molecule has 4 rings (SSSR count). The molecule has 3 aromatic carbocycles. The van der Waals surface area contributed by atoms with Gasteiger partial charge in [0.05, 0.1) is 16.3 Å². The van der Waals surface area contributed by atoms with E-state index in [1.54, 1.807) is 35.6 Å². The second kappa shape index (κ2) is 10.3. The molecule has 0 bridgehead atoms. The quantitative estimate of drug-likeness (QED) is 0.282. The molecule has 180 valence electrons. The van der Waals surface area contributed by atoms with Crippen LogP contribution in [0.25, 0.3) is 11.1 Å². The van der Waals surface area contributed by atoms with Gasteiger partial charge in [0.25, 0.3) is 5.91 Å². The topological polar surface area (TPSA) is 54.0 Å². The number of rotatable bonds is 7. The maximum Gasteiger partial charge on any atom is 0.416 e. The van der Waals surface area contributed by atoms with Crippen LogP contribution in [0.5, 0.6) is 0 Å². The van der Waals surface area contributed by atoms with Crippen molar-refractivity contribution in [2.45, 2.75) is 26.4 Å². The molecule has 0 unspecified atom stereocenters. The molecule has 1 amide bonds. The normalized spacial score (nSPS) is 11.3. The lowest BCUT2D eigenvalue weighted by Crippen LogP contribution is -2.13. The number of anilines is 2. The number of amides is 1. The zero-order valence-corrected chi connectivity index (χ0v) is 20.1. The van der Waals surface area contributed by atoms with Gasteiger partial charge >= 0.3 is 6.18 Å². The number of carbonyl (C=O) groups is 1. The van der Waals surface area contributed by atoms with Gasteiger partial charge in [-0.1, -0.05) is 29.8 Å². The Morgan fingerprint density at radius 1 is 0.943 bits per heavy atom. The fraction of sp³-hybridized carbons (Fsp3) is 0.185. The number of thiazole rings is 1. The monoisotopic (exact) mass is 495 g/mol. The Hall–Kier alpha value is -3.65. The number of benzene rings is 3. The highest BCUT2D eigenvalue weighted by atomic mass is 32.1. The van der Waals surface area contributed by atoms with Crippen molar-refractivity contribution in [1.29, 1.82) is 0 Å². The van der Waals surface area contributed by atoms with Gasteiger partial charge in [-0.3, -0.25) is 4.79 Å². The third-order valence-corrected chi connectivity index (χ3v) is 6.28. The van der Waals surface area contributed by atoms with Crippen LogP contribution < -0.4 is 10.6 Å². The minimum atomic E-state index is -4.41. The van der Waals surface area contributed by atoms with Crippen molar-refractivity contribution in [3.05, 3.63) is 99.5 Å². The number of halogens is 3. The van der Waals surface area contributed by atoms with Crippen LogP contribution >= 0.6 is 11.3 Å². The van der Waals surface area contributed by atoms with E-state index in [-0.39, 0.29) is 5.91 Å². The van der Waals surface area contributed by atoms with Gasteiger partial charge in [0.1, 0.15) is 0 Å². The number of alkyl halides is 3. The van der Waals surface area contributed by atoms with E-state index in [4.69, 9.17) is 0 Å². The summed E-state index contributed by atoms with van der Waals surface area (Å²) in [5, 5.41) is 9.33. The standard InChI is InChI=1S/C27H24F3N3OS/c1-17-3-12-24(19-4-6-20(7-5-19)27(28,29)30)25(15-17)26(34)33-22-10-8-21(9-11-22)31-14-13-23-16-35-18(2)32-23/h3-12,15-16,31H,13-14H2,1-2H3,(H,33,34). The molecule has 1 heterocycles. The summed E-state index contributed by atoms with van der Waals surface area (Å²) >= 11 is 1.63. The SMILES string of the molecule is Cc1ccc(-c2ccc(C(F)(F)F)cc2)c(C(=O)Nc2ccc(NCCc3csc(C)n3)cc2)c1. The first-order valence-corrected chi connectivity index (χ1v) is 11.9. The fourth-order valence-electron chi connectivity index (χ4n) is 3.66. The van der Waals surface area contributed by atoms with Crippen molar-refractivity contribution < 1.29 is 18.0 Å². The molecule has 0 atom stereocenters. The minimum absolute atomic E-state index is 0.330. The van der Waals surface area contributed by atoms with Crippen molar-refractivity contribution in [3.63, 3.8) is 0 Å². The molecule has 0 saturated carbocycles. The Morgan fingerprint density at radius 2 is 1.63 bits per heavy atom. The van der Waals surface area contributed by atoms with E-state index >= 15 is 0 Å². The Morgan fingerprint density at radius 3 is 2.26 bits per heavy atom. The third-order valence-electron chi connectivity index (χ3n) is 5.46. The number of nitrogens with zero attached hydrogens (tertiary/aromatic N) is 1. The summed E-state index contributed by atoms with van der Waals surface area (Å²) < 4.78 is 38.8. The molecule has 0 aliphatic heterocycles. The van der Waals surface area contributed by atoms with Crippen molar-refractivity contribution >= 4 is 28.6 Å². The highest BCUT2D eigenvalue weighted by Crippen LogP contribution is 2.32. The molecular formula is C27H24F3N3OS. The molecule has 4 aromatic rings. The Balaban J connectivity index is 1.44. The number of hydrogen-bond donors (Lipinski definition) is 2. The highest BCUT2D eigenvalue weighted by molar-refractivity contribution is 7.09. The Bertz CT molecular complexity index is 1310. The van der Waals surface area contributed by atoms with Crippen LogP contribution in [-0.4, -0.2) is 17.4 Å². The van der Waals surface area contributed by atoms with E-state index in [1.807, 2.05) is 32.0 Å². The summed E-state index contributed by atoms with van der Waals surface area (Å²) in [5.74, 6) is -0.330. The average molecular weight is 496 g/mol. The molecule has 0 radical (unpaired) electrons. The molecule has 2 N–H and O–H groups in total. The molecule has 0 fully saturated rings. The number of carbonyl (C=O) groups excluding carboxylic acids is 1. The van der Waals surface area contributed by atoms with E-state index < -0.39 is 11.7 Å². The second-order valence-corrected chi connectivity index (χ2v) is 9.25. The first-order chi connectivity index (χ1) is 16.7. The summed E-state index contributed by atoms with van der Waals surface area (Å²) in [4.78, 5) is 17.5. The largest absolute Gasteiger partial charge is 0.416 e. The molecular weight excluding hydrogens is 471 g/mol. The molecule has 0 aliphatic rings. The first kappa shape index (κ1) is 24.5. The van der Waals surface area contributed by atoms with Crippen molar-refractivity contribution in [1.82, 2.24) is 4.98 Å². The minimum Gasteiger partial charge on any atom is -0.385 e. The van der Waals surface area contributed by atoms with Gasteiger partial charge in [0.15, 0.2) is 0 Å². The average Bonchev–Trinajstić information content (AvgIpc) is 3.24. The lowest BCUT2D eigenvalue weighted by molar-refractivity contribution is -0.137. The first-order valence-electron chi connectivity index (χ1n) is 11.0. The Kier molecular flexibility index (Phi) is 7.21. The molecule has 0 aliphatic carbocycles. The molecule has 35 heavy (non-hydrogen) atoms. The van der Waals surface area contributed by atoms with Crippen molar-refractivity contribution in [3.8, 4) is 11.1 Å². The molecule has 8 heteroatoms. The lowest BCUT2D eigenvalue weighted by atomic mass is 9.96. The van der Waals surface area contributed by atoms with Crippen LogP contribution in [0.1, 0.15) is 32.2 Å². The number of hydrogen-bond acceptors (Lipinski definition) is 4. The van der Waals surface area contributed by atoms with Gasteiger partial charge in [-0.25, -0.2) is 4.98 Å². The van der Waals surface area contributed by atoms with E-state index in [9.17, 15) is 18.0 Å². The number of aromatic nitrogens is 1. The Labute approximate surface area is 205 Å². The van der Waals surface area contributed by atoms with E-state index in [1.165, 1.54) is 12.1 Å². The third kappa shape index (κ3) is 6.27. The van der Waals surface area contributed by atoms with Gasteiger partial charge < -0.3 is 10.6 Å². The molecule has 1 aromatic heterocycles. The van der Waals surface area contributed by atoms with Gasteiger partial charge in [-0.15, -0.1) is 11.3 Å². The van der Waals surface area contributed by atoms with Crippen LogP contribution in [0.2, 0.25) is 0 Å². The molecule has 0 saturated heterocycles. The van der Waals surface area contributed by atoms with Crippen LogP contribution in [0.4, 0.5) is 24.5 Å².